The summed E-state index contributed by atoms with van der Waals surface area (Å²) in [6.45, 7) is 7.11. The Labute approximate surface area is 148 Å². The van der Waals surface area contributed by atoms with Crippen molar-refractivity contribution in [2.45, 2.75) is 32.5 Å². The Hall–Kier alpha value is -1.74. The predicted octanol–water partition coefficient (Wildman–Crippen LogP) is 3.40. The lowest BCUT2D eigenvalue weighted by Crippen LogP contribution is -2.46. The smallest absolute Gasteiger partial charge is 0.338 e. The van der Waals surface area contributed by atoms with Crippen molar-refractivity contribution in [1.82, 2.24) is 19.9 Å². The van der Waals surface area contributed by atoms with Crippen LogP contribution >= 0.6 is 11.3 Å². The van der Waals surface area contributed by atoms with Crippen molar-refractivity contribution in [3.05, 3.63) is 34.0 Å². The van der Waals surface area contributed by atoms with E-state index in [2.05, 4.69) is 19.9 Å². The van der Waals surface area contributed by atoms with Crippen LogP contribution in [0.4, 0.5) is 19.1 Å². The van der Waals surface area contributed by atoms with Gasteiger partial charge >= 0.3 is 6.18 Å². The van der Waals surface area contributed by atoms with E-state index in [1.165, 1.54) is 0 Å². The van der Waals surface area contributed by atoms with E-state index in [0.29, 0.717) is 18.8 Å². The zero-order valence-corrected chi connectivity index (χ0v) is 14.9. The summed E-state index contributed by atoms with van der Waals surface area (Å²) < 4.78 is 39.4. The maximum Gasteiger partial charge on any atom is 0.433 e. The lowest BCUT2D eigenvalue weighted by Gasteiger charge is -2.34. The van der Waals surface area contributed by atoms with Gasteiger partial charge in [-0.2, -0.15) is 13.2 Å². The molecule has 2 aromatic rings. The highest BCUT2D eigenvalue weighted by Gasteiger charge is 2.34. The van der Waals surface area contributed by atoms with Crippen LogP contribution in [0.2, 0.25) is 0 Å². The Kier molecular flexibility index (Phi) is 5.24. The number of aromatic nitrogens is 3. The van der Waals surface area contributed by atoms with Gasteiger partial charge in [0.1, 0.15) is 5.69 Å². The van der Waals surface area contributed by atoms with Gasteiger partial charge in [-0.1, -0.05) is 13.8 Å². The second kappa shape index (κ2) is 7.25. The number of hydrogen-bond donors (Lipinski definition) is 0. The van der Waals surface area contributed by atoms with Crippen molar-refractivity contribution in [2.75, 3.05) is 31.1 Å². The van der Waals surface area contributed by atoms with Crippen molar-refractivity contribution >= 4 is 17.3 Å². The van der Waals surface area contributed by atoms with Crippen LogP contribution in [0.25, 0.3) is 0 Å². The number of nitrogens with zero attached hydrogens (tertiary/aromatic N) is 5. The molecule has 1 saturated heterocycles. The lowest BCUT2D eigenvalue weighted by atomic mass is 10.1. The first-order chi connectivity index (χ1) is 11.8. The molecule has 25 heavy (non-hydrogen) atoms. The Morgan fingerprint density at radius 2 is 1.88 bits per heavy atom. The molecule has 0 saturated carbocycles. The van der Waals surface area contributed by atoms with Crippen LogP contribution in [-0.2, 0) is 12.7 Å². The molecule has 0 atom stereocenters. The summed E-state index contributed by atoms with van der Waals surface area (Å²) in [4.78, 5) is 16.5. The van der Waals surface area contributed by atoms with Crippen molar-refractivity contribution in [2.24, 2.45) is 0 Å². The summed E-state index contributed by atoms with van der Waals surface area (Å²) in [5.74, 6) is 0.0839. The average molecular weight is 371 g/mol. The number of hydrogen-bond acceptors (Lipinski definition) is 6. The second-order valence-corrected chi connectivity index (χ2v) is 7.09. The molecule has 3 rings (SSSR count). The zero-order chi connectivity index (χ0) is 18.0. The summed E-state index contributed by atoms with van der Waals surface area (Å²) in [5.41, 5.74) is 2.37. The zero-order valence-electron chi connectivity index (χ0n) is 14.1. The van der Waals surface area contributed by atoms with Crippen molar-refractivity contribution in [3.8, 4) is 0 Å². The first-order valence-electron chi connectivity index (χ1n) is 8.13. The molecule has 3 heterocycles. The van der Waals surface area contributed by atoms with Gasteiger partial charge in [-0.3, -0.25) is 4.90 Å². The lowest BCUT2D eigenvalue weighted by molar-refractivity contribution is -0.141. The molecular formula is C16H20F3N5S. The molecule has 0 spiro atoms. The van der Waals surface area contributed by atoms with E-state index in [-0.39, 0.29) is 11.9 Å². The summed E-state index contributed by atoms with van der Waals surface area (Å²) in [5, 5.41) is 2.01. The van der Waals surface area contributed by atoms with Crippen LogP contribution in [0, 0.1) is 0 Å². The van der Waals surface area contributed by atoms with Crippen LogP contribution in [0.15, 0.2) is 17.0 Å². The Bertz CT molecular complexity index is 694. The van der Waals surface area contributed by atoms with Gasteiger partial charge in [0.15, 0.2) is 0 Å². The third kappa shape index (κ3) is 4.46. The van der Waals surface area contributed by atoms with E-state index in [0.717, 1.165) is 31.4 Å². The monoisotopic (exact) mass is 371 g/mol. The maximum absolute atomic E-state index is 13.1. The summed E-state index contributed by atoms with van der Waals surface area (Å²) in [6, 6.07) is 1.05. The Morgan fingerprint density at radius 3 is 2.44 bits per heavy atom. The van der Waals surface area contributed by atoms with Gasteiger partial charge < -0.3 is 4.90 Å². The number of halogens is 3. The topological polar surface area (TPSA) is 45.2 Å². The molecule has 1 fully saturated rings. The van der Waals surface area contributed by atoms with Gasteiger partial charge in [-0.15, -0.1) is 11.3 Å². The number of piperazine rings is 1. The molecule has 2 aromatic heterocycles. The largest absolute Gasteiger partial charge is 0.433 e. The van der Waals surface area contributed by atoms with Crippen LogP contribution in [0.5, 0.6) is 0 Å². The number of alkyl halides is 3. The highest BCUT2D eigenvalue weighted by Crippen LogP contribution is 2.31. The molecule has 0 aliphatic carbocycles. The normalized spacial score (nSPS) is 16.6. The Morgan fingerprint density at radius 1 is 1.16 bits per heavy atom. The molecule has 0 radical (unpaired) electrons. The van der Waals surface area contributed by atoms with Crippen molar-refractivity contribution in [1.29, 1.82) is 0 Å². The molecule has 5 nitrogen and oxygen atoms in total. The molecule has 1 aliphatic rings. The molecule has 0 N–H and O–H groups in total. The van der Waals surface area contributed by atoms with Crippen LogP contribution in [0.1, 0.15) is 36.8 Å². The maximum atomic E-state index is 13.1. The van der Waals surface area contributed by atoms with E-state index >= 15 is 0 Å². The minimum atomic E-state index is -4.46. The van der Waals surface area contributed by atoms with Gasteiger partial charge in [0.25, 0.3) is 0 Å². The first kappa shape index (κ1) is 18.1. The SMILES string of the molecule is CC(C)c1cc(C(F)(F)F)nc(N2CCN(Cc3cscn3)CC2)n1. The molecule has 0 amide bonds. The van der Waals surface area contributed by atoms with Gasteiger partial charge in [0.2, 0.25) is 5.95 Å². The summed E-state index contributed by atoms with van der Waals surface area (Å²) >= 11 is 1.56. The third-order valence-electron chi connectivity index (χ3n) is 4.14. The van der Waals surface area contributed by atoms with Crippen LogP contribution < -0.4 is 4.90 Å². The predicted molar refractivity (Wildman–Crippen MR) is 90.7 cm³/mol. The number of thiazole rings is 1. The fourth-order valence-corrected chi connectivity index (χ4v) is 3.24. The van der Waals surface area contributed by atoms with E-state index < -0.39 is 11.9 Å². The third-order valence-corrected chi connectivity index (χ3v) is 4.78. The quantitative estimate of drug-likeness (QED) is 0.824. The van der Waals surface area contributed by atoms with Crippen LogP contribution in [-0.4, -0.2) is 46.0 Å². The molecule has 0 unspecified atom stereocenters. The van der Waals surface area contributed by atoms with Gasteiger partial charge in [-0.25, -0.2) is 15.0 Å². The molecule has 1 aliphatic heterocycles. The fourth-order valence-electron chi connectivity index (χ4n) is 2.69. The van der Waals surface area contributed by atoms with Gasteiger partial charge in [-0.05, 0) is 12.0 Å². The van der Waals surface area contributed by atoms with Gasteiger partial charge in [0, 0.05) is 43.8 Å². The summed E-state index contributed by atoms with van der Waals surface area (Å²) in [7, 11) is 0. The molecular weight excluding hydrogens is 351 g/mol. The Balaban J connectivity index is 1.73. The molecule has 0 aromatic carbocycles. The number of anilines is 1. The molecule has 0 bridgehead atoms. The summed E-state index contributed by atoms with van der Waals surface area (Å²) in [6.07, 6.45) is -4.46. The second-order valence-electron chi connectivity index (χ2n) is 6.37. The highest BCUT2D eigenvalue weighted by molar-refractivity contribution is 7.07. The first-order valence-corrected chi connectivity index (χ1v) is 9.08. The molecule has 136 valence electrons. The molecule has 9 heteroatoms. The highest BCUT2D eigenvalue weighted by atomic mass is 32.1. The van der Waals surface area contributed by atoms with E-state index in [9.17, 15) is 13.2 Å². The average Bonchev–Trinajstić information content (AvgIpc) is 3.07. The van der Waals surface area contributed by atoms with Gasteiger partial charge in [0.05, 0.1) is 11.2 Å². The minimum absolute atomic E-state index is 0.0891. The van der Waals surface area contributed by atoms with Crippen molar-refractivity contribution in [3.63, 3.8) is 0 Å². The number of rotatable bonds is 4. The van der Waals surface area contributed by atoms with Crippen molar-refractivity contribution < 1.29 is 13.2 Å². The minimum Gasteiger partial charge on any atom is -0.338 e. The van der Waals surface area contributed by atoms with Crippen LogP contribution in [0.3, 0.4) is 0 Å². The van der Waals surface area contributed by atoms with E-state index in [1.54, 1.807) is 16.8 Å². The standard InChI is InChI=1S/C16H20F3N5S/c1-11(2)13-7-14(16(17,18)19)22-15(21-13)24-5-3-23(4-6-24)8-12-9-25-10-20-12/h7,9-11H,3-6,8H2,1-2H3. The fraction of sp³-hybridized carbons (Fsp3) is 0.562. The van der Waals surface area contributed by atoms with E-state index in [1.807, 2.05) is 24.1 Å². The van der Waals surface area contributed by atoms with E-state index in [4.69, 9.17) is 0 Å².